The Morgan fingerprint density at radius 3 is 2.75 bits per heavy atom. The molecule has 0 aromatic carbocycles. The first-order valence-electron chi connectivity index (χ1n) is 5.25. The molecule has 0 aliphatic rings. The van der Waals surface area contributed by atoms with Gasteiger partial charge >= 0.3 is 0 Å². The topological polar surface area (TPSA) is 29.3 Å². The maximum absolute atomic E-state index is 5.89. The van der Waals surface area contributed by atoms with Crippen molar-refractivity contribution in [3.63, 3.8) is 0 Å². The van der Waals surface area contributed by atoms with Gasteiger partial charge in [-0.1, -0.05) is 0 Å². The van der Waals surface area contributed by atoms with Gasteiger partial charge in [-0.15, -0.1) is 11.3 Å². The van der Waals surface area contributed by atoms with Crippen molar-refractivity contribution in [1.29, 1.82) is 0 Å². The SMILES string of the molecule is CSCC(C)N(C)C(CN)c1cc(Br)cs1. The molecule has 1 rings (SSSR count). The number of thiophene rings is 1. The highest BCUT2D eigenvalue weighted by molar-refractivity contribution is 9.10. The maximum Gasteiger partial charge on any atom is 0.0564 e. The summed E-state index contributed by atoms with van der Waals surface area (Å²) in [4.78, 5) is 3.71. The van der Waals surface area contributed by atoms with Gasteiger partial charge in [0.1, 0.15) is 0 Å². The number of hydrogen-bond donors (Lipinski definition) is 1. The van der Waals surface area contributed by atoms with E-state index in [4.69, 9.17) is 5.73 Å². The van der Waals surface area contributed by atoms with Crippen molar-refractivity contribution in [2.45, 2.75) is 19.0 Å². The van der Waals surface area contributed by atoms with E-state index in [9.17, 15) is 0 Å². The van der Waals surface area contributed by atoms with E-state index in [0.717, 1.165) is 10.2 Å². The zero-order valence-corrected chi connectivity index (χ0v) is 13.2. The second-order valence-corrected chi connectivity index (χ2v) is 6.66. The lowest BCUT2D eigenvalue weighted by Gasteiger charge is -2.31. The Morgan fingerprint density at radius 2 is 2.31 bits per heavy atom. The maximum atomic E-state index is 5.89. The number of hydrogen-bond acceptors (Lipinski definition) is 4. The predicted molar refractivity (Wildman–Crippen MR) is 79.4 cm³/mol. The van der Waals surface area contributed by atoms with Gasteiger partial charge in [0.2, 0.25) is 0 Å². The van der Waals surface area contributed by atoms with Crippen molar-refractivity contribution in [1.82, 2.24) is 4.90 Å². The van der Waals surface area contributed by atoms with Crippen LogP contribution in [0.1, 0.15) is 17.8 Å². The lowest BCUT2D eigenvalue weighted by molar-refractivity contribution is 0.207. The molecule has 2 atom stereocenters. The molecule has 2 N–H and O–H groups in total. The van der Waals surface area contributed by atoms with Crippen molar-refractivity contribution >= 4 is 39.0 Å². The summed E-state index contributed by atoms with van der Waals surface area (Å²) in [5.74, 6) is 1.14. The lowest BCUT2D eigenvalue weighted by Crippen LogP contribution is -2.37. The smallest absolute Gasteiger partial charge is 0.0564 e. The molecule has 0 radical (unpaired) electrons. The molecular weight excluding hydrogens is 304 g/mol. The van der Waals surface area contributed by atoms with Crippen LogP contribution in [0.2, 0.25) is 0 Å². The summed E-state index contributed by atoms with van der Waals surface area (Å²) in [6, 6.07) is 3.05. The minimum Gasteiger partial charge on any atom is -0.329 e. The fourth-order valence-electron chi connectivity index (χ4n) is 1.65. The molecule has 0 aliphatic carbocycles. The Hall–Kier alpha value is 0.450. The molecular formula is C11H19BrN2S2. The zero-order chi connectivity index (χ0) is 12.1. The standard InChI is InChI=1S/C11H19BrN2S2/c1-8(6-15-3)14(2)10(5-13)11-4-9(12)7-16-11/h4,7-8,10H,5-6,13H2,1-3H3. The summed E-state index contributed by atoms with van der Waals surface area (Å²) in [7, 11) is 2.16. The molecule has 0 amide bonds. The van der Waals surface area contributed by atoms with E-state index >= 15 is 0 Å². The van der Waals surface area contributed by atoms with Crippen LogP contribution in [0.5, 0.6) is 0 Å². The van der Waals surface area contributed by atoms with Crippen LogP contribution in [-0.2, 0) is 0 Å². The Morgan fingerprint density at radius 1 is 1.62 bits per heavy atom. The Bertz CT molecular complexity index is 317. The number of nitrogens with two attached hydrogens (primary N) is 1. The number of rotatable bonds is 6. The monoisotopic (exact) mass is 322 g/mol. The van der Waals surface area contributed by atoms with E-state index in [2.05, 4.69) is 52.5 Å². The third-order valence-electron chi connectivity index (χ3n) is 2.73. The fourth-order valence-corrected chi connectivity index (χ4v) is 3.98. The van der Waals surface area contributed by atoms with E-state index in [1.54, 1.807) is 11.3 Å². The van der Waals surface area contributed by atoms with Gasteiger partial charge in [0.05, 0.1) is 6.04 Å². The molecule has 0 saturated carbocycles. The molecule has 0 bridgehead atoms. The van der Waals surface area contributed by atoms with Crippen LogP contribution in [0.3, 0.4) is 0 Å². The first-order valence-corrected chi connectivity index (χ1v) is 8.31. The van der Waals surface area contributed by atoms with Crippen molar-refractivity contribution in [2.24, 2.45) is 5.73 Å². The average Bonchev–Trinajstić information content (AvgIpc) is 2.66. The molecule has 1 aromatic heterocycles. The number of likely N-dealkylation sites (N-methyl/N-ethyl adjacent to an activating group) is 1. The molecule has 1 aromatic rings. The number of halogens is 1. The first-order chi connectivity index (χ1) is 7.60. The van der Waals surface area contributed by atoms with E-state index in [1.165, 1.54) is 4.88 Å². The van der Waals surface area contributed by atoms with Gasteiger partial charge in [-0.05, 0) is 42.2 Å². The highest BCUT2D eigenvalue weighted by atomic mass is 79.9. The fraction of sp³-hybridized carbons (Fsp3) is 0.636. The van der Waals surface area contributed by atoms with Gasteiger partial charge in [0, 0.05) is 33.1 Å². The lowest BCUT2D eigenvalue weighted by atomic mass is 10.2. The molecule has 0 spiro atoms. The molecule has 0 saturated heterocycles. The Labute approximate surface area is 115 Å². The molecule has 0 fully saturated rings. The highest BCUT2D eigenvalue weighted by Crippen LogP contribution is 2.29. The normalized spacial score (nSPS) is 15.4. The highest BCUT2D eigenvalue weighted by Gasteiger charge is 2.21. The third kappa shape index (κ3) is 3.74. The van der Waals surface area contributed by atoms with E-state index in [1.807, 2.05) is 11.8 Å². The van der Waals surface area contributed by atoms with Crippen LogP contribution in [0, 0.1) is 0 Å². The van der Waals surface area contributed by atoms with Gasteiger partial charge in [0.25, 0.3) is 0 Å². The Balaban J connectivity index is 2.73. The third-order valence-corrected chi connectivity index (χ3v) is 5.34. The van der Waals surface area contributed by atoms with Crippen LogP contribution < -0.4 is 5.73 Å². The van der Waals surface area contributed by atoms with Gasteiger partial charge in [-0.25, -0.2) is 0 Å². The predicted octanol–water partition coefficient (Wildman–Crippen LogP) is 3.19. The van der Waals surface area contributed by atoms with Crippen molar-refractivity contribution in [3.05, 3.63) is 20.8 Å². The Kier molecular flexibility index (Phi) is 6.36. The van der Waals surface area contributed by atoms with E-state index in [-0.39, 0.29) is 0 Å². The van der Waals surface area contributed by atoms with Crippen molar-refractivity contribution in [3.8, 4) is 0 Å². The molecule has 2 nitrogen and oxygen atoms in total. The van der Waals surface area contributed by atoms with Crippen molar-refractivity contribution in [2.75, 3.05) is 25.6 Å². The van der Waals surface area contributed by atoms with E-state index < -0.39 is 0 Å². The summed E-state index contributed by atoms with van der Waals surface area (Å²) < 4.78 is 1.15. The summed E-state index contributed by atoms with van der Waals surface area (Å²) in [6.07, 6.45) is 2.14. The molecule has 1 heterocycles. The molecule has 5 heteroatoms. The van der Waals surface area contributed by atoms with Crippen LogP contribution >= 0.6 is 39.0 Å². The zero-order valence-electron chi connectivity index (χ0n) is 9.94. The minimum atomic E-state index is 0.332. The van der Waals surface area contributed by atoms with E-state index in [0.29, 0.717) is 18.6 Å². The second-order valence-electron chi connectivity index (χ2n) is 3.89. The number of nitrogens with zero attached hydrogens (tertiary/aromatic N) is 1. The van der Waals surface area contributed by atoms with Crippen LogP contribution in [-0.4, -0.2) is 36.5 Å². The van der Waals surface area contributed by atoms with Crippen LogP contribution in [0.4, 0.5) is 0 Å². The average molecular weight is 323 g/mol. The molecule has 2 unspecified atom stereocenters. The van der Waals surface area contributed by atoms with Crippen LogP contribution in [0.15, 0.2) is 15.9 Å². The summed E-state index contributed by atoms with van der Waals surface area (Å²) in [5.41, 5.74) is 5.89. The number of thioether (sulfide) groups is 1. The van der Waals surface area contributed by atoms with Gasteiger partial charge in [-0.2, -0.15) is 11.8 Å². The van der Waals surface area contributed by atoms with Crippen molar-refractivity contribution < 1.29 is 0 Å². The van der Waals surface area contributed by atoms with Gasteiger partial charge in [-0.3, -0.25) is 4.90 Å². The van der Waals surface area contributed by atoms with Crippen LogP contribution in [0.25, 0.3) is 0 Å². The largest absolute Gasteiger partial charge is 0.329 e. The minimum absolute atomic E-state index is 0.332. The summed E-state index contributed by atoms with van der Waals surface area (Å²) in [5, 5.41) is 2.12. The quantitative estimate of drug-likeness (QED) is 0.872. The second kappa shape index (κ2) is 7.01. The van der Waals surface area contributed by atoms with Gasteiger partial charge < -0.3 is 5.73 Å². The summed E-state index contributed by atoms with van der Waals surface area (Å²) in [6.45, 7) is 2.92. The molecule has 0 aliphatic heterocycles. The molecule has 92 valence electrons. The van der Waals surface area contributed by atoms with Gasteiger partial charge in [0.15, 0.2) is 0 Å². The molecule has 16 heavy (non-hydrogen) atoms. The first kappa shape index (κ1) is 14.5. The summed E-state index contributed by atoms with van der Waals surface area (Å²) >= 11 is 7.14.